The molecule has 118 valence electrons. The highest BCUT2D eigenvalue weighted by molar-refractivity contribution is 5.90. The van der Waals surface area contributed by atoms with E-state index in [4.69, 9.17) is 9.84 Å². The number of carbonyl (C=O) groups is 1. The van der Waals surface area contributed by atoms with Gasteiger partial charge in [-0.15, -0.1) is 0 Å². The van der Waals surface area contributed by atoms with Crippen molar-refractivity contribution in [1.29, 1.82) is 0 Å². The van der Waals surface area contributed by atoms with Gasteiger partial charge in [0, 0.05) is 19.4 Å². The minimum absolute atomic E-state index is 0.0112. The number of anilines is 1. The molecule has 1 aromatic carbocycles. The maximum Gasteiger partial charge on any atom is 0.319 e. The van der Waals surface area contributed by atoms with Gasteiger partial charge in [0.2, 0.25) is 0 Å². The highest BCUT2D eigenvalue weighted by Crippen LogP contribution is 2.23. The quantitative estimate of drug-likeness (QED) is 0.724. The molecule has 1 unspecified atom stereocenters. The Hall–Kier alpha value is -1.59. The topological polar surface area (TPSA) is 70.6 Å². The van der Waals surface area contributed by atoms with Crippen molar-refractivity contribution in [2.75, 3.05) is 25.6 Å². The molecule has 5 heteroatoms. The number of nitrogens with one attached hydrogen (secondary N) is 2. The number of carbonyl (C=O) groups excluding carboxylic acids is 1. The molecule has 0 spiro atoms. The van der Waals surface area contributed by atoms with E-state index in [1.807, 2.05) is 31.2 Å². The molecule has 0 saturated carbocycles. The van der Waals surface area contributed by atoms with Crippen molar-refractivity contribution in [3.8, 4) is 0 Å². The number of hydrogen-bond acceptors (Lipinski definition) is 3. The van der Waals surface area contributed by atoms with Crippen molar-refractivity contribution in [2.45, 2.75) is 38.6 Å². The summed E-state index contributed by atoms with van der Waals surface area (Å²) in [7, 11) is 1.57. The molecule has 5 nitrogen and oxygen atoms in total. The standard InChI is InChI=1S/C16H26N2O3/c1-12(2)13-7-5-6-8-14(13)17-15(20)18-16(3,9-10-19)11-21-4/h5-8,12,19H,9-11H2,1-4H3,(H2,17,18,20). The molecule has 0 aliphatic rings. The van der Waals surface area contributed by atoms with Crippen molar-refractivity contribution in [1.82, 2.24) is 5.32 Å². The van der Waals surface area contributed by atoms with Crippen LogP contribution in [0.3, 0.4) is 0 Å². The Morgan fingerprint density at radius 2 is 2.05 bits per heavy atom. The lowest BCUT2D eigenvalue weighted by Crippen LogP contribution is -2.51. The van der Waals surface area contributed by atoms with Gasteiger partial charge >= 0.3 is 6.03 Å². The Bertz CT molecular complexity index is 455. The molecule has 1 aromatic rings. The number of urea groups is 1. The first-order chi connectivity index (χ1) is 9.91. The minimum atomic E-state index is -0.597. The average Bonchev–Trinajstić information content (AvgIpc) is 2.38. The number of aliphatic hydroxyl groups excluding tert-OH is 1. The van der Waals surface area contributed by atoms with E-state index in [1.54, 1.807) is 7.11 Å². The zero-order chi connectivity index (χ0) is 15.9. The summed E-state index contributed by atoms with van der Waals surface area (Å²) in [5.74, 6) is 0.323. The predicted octanol–water partition coefficient (Wildman–Crippen LogP) is 2.72. The molecule has 0 radical (unpaired) electrons. The van der Waals surface area contributed by atoms with Crippen LogP contribution in [-0.4, -0.2) is 37.0 Å². The van der Waals surface area contributed by atoms with E-state index >= 15 is 0 Å². The van der Waals surface area contributed by atoms with E-state index in [1.165, 1.54) is 0 Å². The van der Waals surface area contributed by atoms with Gasteiger partial charge in [0.15, 0.2) is 0 Å². The third kappa shape index (κ3) is 5.36. The van der Waals surface area contributed by atoms with E-state index in [9.17, 15) is 4.79 Å². The summed E-state index contributed by atoms with van der Waals surface area (Å²) in [6, 6.07) is 7.44. The molecule has 0 fully saturated rings. The zero-order valence-corrected chi connectivity index (χ0v) is 13.3. The van der Waals surface area contributed by atoms with Crippen LogP contribution in [0.1, 0.15) is 38.7 Å². The van der Waals surface area contributed by atoms with Gasteiger partial charge in [0.05, 0.1) is 12.1 Å². The average molecular weight is 294 g/mol. The Labute approximate surface area is 126 Å². The summed E-state index contributed by atoms with van der Waals surface area (Å²) < 4.78 is 5.12. The van der Waals surface area contributed by atoms with Crippen LogP contribution < -0.4 is 10.6 Å². The summed E-state index contributed by atoms with van der Waals surface area (Å²) in [5.41, 5.74) is 1.29. The summed E-state index contributed by atoms with van der Waals surface area (Å²) in [4.78, 5) is 12.2. The number of amides is 2. The number of rotatable bonds is 7. The molecule has 2 amide bonds. The van der Waals surface area contributed by atoms with Gasteiger partial charge in [0.25, 0.3) is 0 Å². The van der Waals surface area contributed by atoms with Crippen LogP contribution in [0.25, 0.3) is 0 Å². The lowest BCUT2D eigenvalue weighted by atomic mass is 9.99. The lowest BCUT2D eigenvalue weighted by Gasteiger charge is -2.29. The van der Waals surface area contributed by atoms with Gasteiger partial charge in [-0.25, -0.2) is 4.79 Å². The molecular formula is C16H26N2O3. The molecule has 0 saturated heterocycles. The smallest absolute Gasteiger partial charge is 0.319 e. The van der Waals surface area contributed by atoms with Crippen LogP contribution in [0.4, 0.5) is 10.5 Å². The molecule has 1 rings (SSSR count). The Balaban J connectivity index is 2.77. The van der Waals surface area contributed by atoms with Crippen LogP contribution in [0.15, 0.2) is 24.3 Å². The Morgan fingerprint density at radius 3 is 2.62 bits per heavy atom. The zero-order valence-electron chi connectivity index (χ0n) is 13.3. The number of hydrogen-bond donors (Lipinski definition) is 3. The van der Waals surface area contributed by atoms with Crippen molar-refractivity contribution < 1.29 is 14.6 Å². The molecule has 0 aliphatic carbocycles. The second-order valence-electron chi connectivity index (χ2n) is 5.79. The fourth-order valence-electron chi connectivity index (χ4n) is 2.28. The van der Waals surface area contributed by atoms with E-state index in [0.29, 0.717) is 18.9 Å². The predicted molar refractivity (Wildman–Crippen MR) is 84.7 cm³/mol. The van der Waals surface area contributed by atoms with Crippen molar-refractivity contribution in [3.05, 3.63) is 29.8 Å². The first-order valence-corrected chi connectivity index (χ1v) is 7.20. The van der Waals surface area contributed by atoms with Crippen LogP contribution in [0.5, 0.6) is 0 Å². The highest BCUT2D eigenvalue weighted by atomic mass is 16.5. The number of para-hydroxylation sites is 1. The Morgan fingerprint density at radius 1 is 1.38 bits per heavy atom. The van der Waals surface area contributed by atoms with Gasteiger partial charge in [-0.3, -0.25) is 0 Å². The fourth-order valence-corrected chi connectivity index (χ4v) is 2.28. The normalized spacial score (nSPS) is 13.8. The maximum absolute atomic E-state index is 12.2. The molecule has 0 aliphatic heterocycles. The third-order valence-corrected chi connectivity index (χ3v) is 3.37. The van der Waals surface area contributed by atoms with Crippen LogP contribution in [0, 0.1) is 0 Å². The highest BCUT2D eigenvalue weighted by Gasteiger charge is 2.26. The number of methoxy groups -OCH3 is 1. The Kier molecular flexibility index (Phi) is 6.65. The summed E-state index contributed by atoms with van der Waals surface area (Å²) in [6.07, 6.45) is 0.431. The number of aliphatic hydroxyl groups is 1. The van der Waals surface area contributed by atoms with Gasteiger partial charge in [-0.2, -0.15) is 0 Å². The minimum Gasteiger partial charge on any atom is -0.396 e. The number of benzene rings is 1. The van der Waals surface area contributed by atoms with Crippen LogP contribution >= 0.6 is 0 Å². The monoisotopic (exact) mass is 294 g/mol. The lowest BCUT2D eigenvalue weighted by molar-refractivity contribution is 0.104. The van der Waals surface area contributed by atoms with Gasteiger partial charge < -0.3 is 20.5 Å². The molecule has 0 bridgehead atoms. The van der Waals surface area contributed by atoms with Crippen molar-refractivity contribution >= 4 is 11.7 Å². The summed E-state index contributed by atoms with van der Waals surface area (Å²) in [5, 5.41) is 14.9. The van der Waals surface area contributed by atoms with Crippen molar-refractivity contribution in [3.63, 3.8) is 0 Å². The molecule has 3 N–H and O–H groups in total. The van der Waals surface area contributed by atoms with E-state index in [2.05, 4.69) is 24.5 Å². The molecule has 0 heterocycles. The molecule has 0 aromatic heterocycles. The molecule has 1 atom stereocenters. The van der Waals surface area contributed by atoms with E-state index < -0.39 is 5.54 Å². The maximum atomic E-state index is 12.2. The second-order valence-corrected chi connectivity index (χ2v) is 5.79. The van der Waals surface area contributed by atoms with Crippen LogP contribution in [0.2, 0.25) is 0 Å². The van der Waals surface area contributed by atoms with Gasteiger partial charge in [0.1, 0.15) is 0 Å². The first-order valence-electron chi connectivity index (χ1n) is 7.20. The number of ether oxygens (including phenoxy) is 1. The van der Waals surface area contributed by atoms with Gasteiger partial charge in [-0.05, 0) is 30.9 Å². The molecule has 21 heavy (non-hydrogen) atoms. The van der Waals surface area contributed by atoms with Gasteiger partial charge in [-0.1, -0.05) is 32.0 Å². The summed E-state index contributed by atoms with van der Waals surface area (Å²) >= 11 is 0. The van der Waals surface area contributed by atoms with Crippen LogP contribution in [-0.2, 0) is 4.74 Å². The van der Waals surface area contributed by atoms with E-state index in [-0.39, 0.29) is 12.6 Å². The third-order valence-electron chi connectivity index (χ3n) is 3.37. The van der Waals surface area contributed by atoms with E-state index in [0.717, 1.165) is 11.3 Å². The largest absolute Gasteiger partial charge is 0.396 e. The SMILES string of the molecule is COCC(C)(CCO)NC(=O)Nc1ccccc1C(C)C. The summed E-state index contributed by atoms with van der Waals surface area (Å²) in [6.45, 7) is 6.34. The first kappa shape index (κ1) is 17.5. The second kappa shape index (κ2) is 8.00. The fraction of sp³-hybridized carbons (Fsp3) is 0.562. The van der Waals surface area contributed by atoms with Crippen molar-refractivity contribution in [2.24, 2.45) is 0 Å². The molecular weight excluding hydrogens is 268 g/mol.